The molecule has 3 heteroatoms. The number of benzene rings is 1. The van der Waals surface area contributed by atoms with Crippen LogP contribution in [0.1, 0.15) is 24.8 Å². The Morgan fingerprint density at radius 3 is 2.68 bits per heavy atom. The van der Waals surface area contributed by atoms with Gasteiger partial charge in [-0.05, 0) is 74.9 Å². The first-order chi connectivity index (χ1) is 9.24. The van der Waals surface area contributed by atoms with Crippen LogP contribution in [-0.2, 0) is 0 Å². The molecule has 1 N–H and O–H groups in total. The summed E-state index contributed by atoms with van der Waals surface area (Å²) in [5, 5.41) is 3.48. The molecule has 2 fully saturated rings. The number of nitrogens with zero attached hydrogens (tertiary/aromatic N) is 1. The fraction of sp³-hybridized carbons (Fsp3) is 0.625. The molecule has 0 saturated carbocycles. The molecule has 19 heavy (non-hydrogen) atoms. The van der Waals surface area contributed by atoms with Crippen LogP contribution in [0.25, 0.3) is 0 Å². The molecule has 2 aliphatic heterocycles. The second-order valence-corrected chi connectivity index (χ2v) is 6.87. The molecule has 2 aliphatic rings. The van der Waals surface area contributed by atoms with E-state index in [9.17, 15) is 0 Å². The summed E-state index contributed by atoms with van der Waals surface area (Å²) in [6.45, 7) is 7.10. The Kier molecular flexibility index (Phi) is 4.13. The molecule has 2 nitrogen and oxygen atoms in total. The lowest BCUT2D eigenvalue weighted by molar-refractivity contribution is 0.276. The first kappa shape index (κ1) is 13.4. The maximum atomic E-state index is 3.59. The summed E-state index contributed by atoms with van der Waals surface area (Å²) in [5.41, 5.74) is 2.74. The highest BCUT2D eigenvalue weighted by Gasteiger charge is 2.30. The van der Waals surface area contributed by atoms with Crippen molar-refractivity contribution < 1.29 is 0 Å². The van der Waals surface area contributed by atoms with E-state index in [1.807, 2.05) is 0 Å². The second-order valence-electron chi connectivity index (χ2n) is 6.02. The lowest BCUT2D eigenvalue weighted by Gasteiger charge is -2.28. The summed E-state index contributed by atoms with van der Waals surface area (Å²) in [6, 6.07) is 6.75. The molecular weight excluding hydrogens is 300 g/mol. The highest BCUT2D eigenvalue weighted by molar-refractivity contribution is 9.10. The van der Waals surface area contributed by atoms with E-state index < -0.39 is 0 Å². The third-order valence-corrected chi connectivity index (χ3v) is 5.67. The molecule has 0 spiro atoms. The van der Waals surface area contributed by atoms with Crippen molar-refractivity contribution in [3.63, 3.8) is 0 Å². The van der Waals surface area contributed by atoms with E-state index in [0.717, 1.165) is 11.8 Å². The van der Waals surface area contributed by atoms with Gasteiger partial charge in [-0.3, -0.25) is 0 Å². The minimum Gasteiger partial charge on any atom is -0.371 e. The average molecular weight is 323 g/mol. The zero-order valence-corrected chi connectivity index (χ0v) is 13.2. The Morgan fingerprint density at radius 1 is 1.16 bits per heavy atom. The predicted molar refractivity (Wildman–Crippen MR) is 84.8 cm³/mol. The largest absolute Gasteiger partial charge is 0.371 e. The second kappa shape index (κ2) is 5.84. The van der Waals surface area contributed by atoms with Crippen LogP contribution in [0.3, 0.4) is 0 Å². The van der Waals surface area contributed by atoms with Gasteiger partial charge in [-0.2, -0.15) is 0 Å². The average Bonchev–Trinajstić information content (AvgIpc) is 2.93. The van der Waals surface area contributed by atoms with Gasteiger partial charge in [0, 0.05) is 23.2 Å². The highest BCUT2D eigenvalue weighted by atomic mass is 79.9. The Labute approximate surface area is 124 Å². The van der Waals surface area contributed by atoms with E-state index in [0.29, 0.717) is 0 Å². The molecular formula is C16H23BrN2. The smallest absolute Gasteiger partial charge is 0.0369 e. The molecule has 2 saturated heterocycles. The van der Waals surface area contributed by atoms with Crippen LogP contribution in [0.4, 0.5) is 5.69 Å². The summed E-state index contributed by atoms with van der Waals surface area (Å²) >= 11 is 3.59. The SMILES string of the molecule is Cc1cc(N2CCC(C3CCNCC3)C2)ccc1Br. The third kappa shape index (κ3) is 2.97. The fourth-order valence-corrected chi connectivity index (χ4v) is 3.79. The first-order valence-electron chi connectivity index (χ1n) is 7.46. The fourth-order valence-electron chi connectivity index (χ4n) is 3.55. The predicted octanol–water partition coefficient (Wildman–Crippen LogP) is 3.58. The lowest BCUT2D eigenvalue weighted by atomic mass is 9.84. The normalized spacial score (nSPS) is 24.9. The number of rotatable bonds is 2. The Balaban J connectivity index is 1.66. The van der Waals surface area contributed by atoms with Crippen LogP contribution in [0, 0.1) is 18.8 Å². The minimum absolute atomic E-state index is 0.908. The maximum Gasteiger partial charge on any atom is 0.0369 e. The van der Waals surface area contributed by atoms with Crippen molar-refractivity contribution in [1.29, 1.82) is 0 Å². The number of hydrogen-bond acceptors (Lipinski definition) is 2. The quantitative estimate of drug-likeness (QED) is 0.895. The van der Waals surface area contributed by atoms with Gasteiger partial charge in [-0.25, -0.2) is 0 Å². The van der Waals surface area contributed by atoms with Gasteiger partial charge >= 0.3 is 0 Å². The standard InChI is InChI=1S/C16H23BrN2/c1-12-10-15(2-3-16(12)17)19-9-6-14(11-19)13-4-7-18-8-5-13/h2-3,10,13-14,18H,4-9,11H2,1H3. The summed E-state index contributed by atoms with van der Waals surface area (Å²) in [5.74, 6) is 1.86. The van der Waals surface area contributed by atoms with Crippen LogP contribution in [0.15, 0.2) is 22.7 Å². The molecule has 0 aliphatic carbocycles. The van der Waals surface area contributed by atoms with Crippen molar-refractivity contribution >= 4 is 21.6 Å². The number of anilines is 1. The van der Waals surface area contributed by atoms with E-state index in [1.54, 1.807) is 0 Å². The molecule has 0 amide bonds. The van der Waals surface area contributed by atoms with Crippen LogP contribution in [-0.4, -0.2) is 26.2 Å². The van der Waals surface area contributed by atoms with Crippen molar-refractivity contribution in [2.45, 2.75) is 26.2 Å². The van der Waals surface area contributed by atoms with Crippen molar-refractivity contribution in [2.24, 2.45) is 11.8 Å². The van der Waals surface area contributed by atoms with Crippen molar-refractivity contribution in [3.05, 3.63) is 28.2 Å². The van der Waals surface area contributed by atoms with Crippen LogP contribution in [0.2, 0.25) is 0 Å². The summed E-state index contributed by atoms with van der Waals surface area (Å²) in [4.78, 5) is 2.58. The van der Waals surface area contributed by atoms with Gasteiger partial charge in [-0.15, -0.1) is 0 Å². The number of hydrogen-bond donors (Lipinski definition) is 1. The van der Waals surface area contributed by atoms with Crippen molar-refractivity contribution in [1.82, 2.24) is 5.32 Å². The zero-order valence-electron chi connectivity index (χ0n) is 11.7. The van der Waals surface area contributed by atoms with Gasteiger partial charge in [-0.1, -0.05) is 15.9 Å². The Morgan fingerprint density at radius 2 is 1.95 bits per heavy atom. The summed E-state index contributed by atoms with van der Waals surface area (Å²) < 4.78 is 1.21. The van der Waals surface area contributed by atoms with Gasteiger partial charge < -0.3 is 10.2 Å². The lowest BCUT2D eigenvalue weighted by Crippen LogP contribution is -2.32. The Bertz CT molecular complexity index is 440. The van der Waals surface area contributed by atoms with Gasteiger partial charge in [0.05, 0.1) is 0 Å². The number of nitrogens with one attached hydrogen (secondary N) is 1. The molecule has 0 aromatic heterocycles. The van der Waals surface area contributed by atoms with Gasteiger partial charge in [0.2, 0.25) is 0 Å². The van der Waals surface area contributed by atoms with E-state index in [1.165, 1.54) is 61.2 Å². The first-order valence-corrected chi connectivity index (χ1v) is 8.25. The number of aryl methyl sites for hydroxylation is 1. The molecule has 1 aromatic rings. The Hall–Kier alpha value is -0.540. The van der Waals surface area contributed by atoms with Crippen LogP contribution in [0.5, 0.6) is 0 Å². The topological polar surface area (TPSA) is 15.3 Å². The maximum absolute atomic E-state index is 3.59. The van der Waals surface area contributed by atoms with Gasteiger partial charge in [0.1, 0.15) is 0 Å². The van der Waals surface area contributed by atoms with Gasteiger partial charge in [0.25, 0.3) is 0 Å². The molecule has 1 atom stereocenters. The molecule has 104 valence electrons. The van der Waals surface area contributed by atoms with Crippen LogP contribution >= 0.6 is 15.9 Å². The molecule has 0 bridgehead atoms. The van der Waals surface area contributed by atoms with Crippen LogP contribution < -0.4 is 10.2 Å². The molecule has 1 unspecified atom stereocenters. The van der Waals surface area contributed by atoms with E-state index in [4.69, 9.17) is 0 Å². The number of halogens is 1. The third-order valence-electron chi connectivity index (χ3n) is 4.78. The number of piperidine rings is 1. The van der Waals surface area contributed by atoms with Gasteiger partial charge in [0.15, 0.2) is 0 Å². The minimum atomic E-state index is 0.908. The molecule has 2 heterocycles. The zero-order chi connectivity index (χ0) is 13.2. The highest BCUT2D eigenvalue weighted by Crippen LogP contribution is 2.33. The van der Waals surface area contributed by atoms with E-state index in [-0.39, 0.29) is 0 Å². The molecule has 3 rings (SSSR count). The summed E-state index contributed by atoms with van der Waals surface area (Å²) in [6.07, 6.45) is 4.12. The van der Waals surface area contributed by atoms with Crippen molar-refractivity contribution in [2.75, 3.05) is 31.1 Å². The molecule has 0 radical (unpaired) electrons. The summed E-state index contributed by atoms with van der Waals surface area (Å²) in [7, 11) is 0. The van der Waals surface area contributed by atoms with E-state index >= 15 is 0 Å². The molecule has 1 aromatic carbocycles. The van der Waals surface area contributed by atoms with Crippen molar-refractivity contribution in [3.8, 4) is 0 Å². The van der Waals surface area contributed by atoms with E-state index in [2.05, 4.69) is 51.3 Å². The monoisotopic (exact) mass is 322 g/mol.